The normalized spacial score (nSPS) is 17.7. The number of morpholine rings is 2. The summed E-state index contributed by atoms with van der Waals surface area (Å²) in [4.78, 5) is 17.9. The zero-order valence-corrected chi connectivity index (χ0v) is 17.2. The van der Waals surface area contributed by atoms with Crippen molar-refractivity contribution in [3.8, 4) is 0 Å². The molecule has 2 aliphatic heterocycles. The molecule has 0 atom stereocenters. The predicted octanol–water partition coefficient (Wildman–Crippen LogP) is 2.30. The fourth-order valence-corrected chi connectivity index (χ4v) is 3.50. The summed E-state index contributed by atoms with van der Waals surface area (Å²) in [5.41, 5.74) is 3.50. The van der Waals surface area contributed by atoms with E-state index in [2.05, 4.69) is 35.3 Å². The third kappa shape index (κ3) is 5.05. The molecule has 1 N–H and O–H groups in total. The van der Waals surface area contributed by atoms with Crippen LogP contribution in [0.1, 0.15) is 5.56 Å². The maximum absolute atomic E-state index is 6.18. The fourth-order valence-electron chi connectivity index (χ4n) is 3.00. The number of halogens is 2. The van der Waals surface area contributed by atoms with Crippen LogP contribution in [-0.2, 0) is 9.47 Å². The third-order valence-electron chi connectivity index (χ3n) is 4.56. The lowest BCUT2D eigenvalue weighted by molar-refractivity contribution is 0.121. The van der Waals surface area contributed by atoms with Gasteiger partial charge in [0.2, 0.25) is 17.8 Å². The summed E-state index contributed by atoms with van der Waals surface area (Å²) in [6, 6.07) is 5.29. The van der Waals surface area contributed by atoms with E-state index in [1.54, 1.807) is 24.4 Å². The third-order valence-corrected chi connectivity index (χ3v) is 5.22. The molecule has 0 saturated carbocycles. The number of hydrazone groups is 1. The summed E-state index contributed by atoms with van der Waals surface area (Å²) in [6.45, 7) is 5.48. The van der Waals surface area contributed by atoms with Gasteiger partial charge in [-0.3, -0.25) is 0 Å². The lowest BCUT2D eigenvalue weighted by Crippen LogP contribution is -2.40. The molecule has 0 bridgehead atoms. The zero-order chi connectivity index (χ0) is 20.1. The molecular formula is C18H21Cl2N7O2. The second-order valence-corrected chi connectivity index (χ2v) is 7.28. The Bertz CT molecular complexity index is 815. The number of aromatic nitrogens is 3. The Morgan fingerprint density at radius 3 is 1.90 bits per heavy atom. The van der Waals surface area contributed by atoms with E-state index in [0.29, 0.717) is 59.9 Å². The predicted molar refractivity (Wildman–Crippen MR) is 114 cm³/mol. The highest BCUT2D eigenvalue weighted by Gasteiger charge is 2.20. The summed E-state index contributed by atoms with van der Waals surface area (Å²) < 4.78 is 10.9. The molecule has 1 aromatic carbocycles. The van der Waals surface area contributed by atoms with Crippen molar-refractivity contribution in [3.05, 3.63) is 33.8 Å². The van der Waals surface area contributed by atoms with E-state index >= 15 is 0 Å². The van der Waals surface area contributed by atoms with Crippen LogP contribution >= 0.6 is 23.2 Å². The van der Waals surface area contributed by atoms with Crippen LogP contribution in [0.3, 0.4) is 0 Å². The van der Waals surface area contributed by atoms with Gasteiger partial charge in [0.05, 0.1) is 42.7 Å². The second kappa shape index (κ2) is 9.53. The maximum atomic E-state index is 6.18. The molecule has 0 spiro atoms. The first-order valence-corrected chi connectivity index (χ1v) is 10.1. The molecule has 154 valence electrons. The van der Waals surface area contributed by atoms with Gasteiger partial charge in [0.15, 0.2) is 0 Å². The van der Waals surface area contributed by atoms with Crippen LogP contribution in [0.25, 0.3) is 0 Å². The molecule has 3 heterocycles. The highest BCUT2D eigenvalue weighted by molar-refractivity contribution is 6.38. The lowest BCUT2D eigenvalue weighted by atomic mass is 10.2. The van der Waals surface area contributed by atoms with Crippen molar-refractivity contribution in [1.82, 2.24) is 15.0 Å². The van der Waals surface area contributed by atoms with Crippen molar-refractivity contribution in [2.75, 3.05) is 67.8 Å². The van der Waals surface area contributed by atoms with Crippen LogP contribution in [0.15, 0.2) is 23.3 Å². The Morgan fingerprint density at radius 2 is 1.38 bits per heavy atom. The van der Waals surface area contributed by atoms with Crippen LogP contribution < -0.4 is 15.2 Å². The van der Waals surface area contributed by atoms with E-state index in [1.165, 1.54) is 0 Å². The van der Waals surface area contributed by atoms with Crippen LogP contribution in [-0.4, -0.2) is 73.8 Å². The molecule has 29 heavy (non-hydrogen) atoms. The van der Waals surface area contributed by atoms with Gasteiger partial charge in [0.1, 0.15) is 0 Å². The van der Waals surface area contributed by atoms with Crippen molar-refractivity contribution in [2.45, 2.75) is 0 Å². The molecule has 2 fully saturated rings. The van der Waals surface area contributed by atoms with Crippen molar-refractivity contribution >= 4 is 47.3 Å². The number of hydrogen-bond acceptors (Lipinski definition) is 9. The molecule has 2 saturated heterocycles. The Labute approximate surface area is 178 Å². The van der Waals surface area contributed by atoms with Gasteiger partial charge in [0, 0.05) is 31.7 Å². The fraction of sp³-hybridized carbons (Fsp3) is 0.444. The van der Waals surface area contributed by atoms with E-state index in [0.717, 1.165) is 26.2 Å². The standard InChI is InChI=1S/C18H21Cl2N7O2/c19-14-2-1-3-15(20)13(14)12-21-25-16-22-17(26-4-8-28-9-5-26)24-18(23-16)27-6-10-29-11-7-27/h1-3,12H,4-11H2,(H,22,23,24,25). The van der Waals surface area contributed by atoms with Gasteiger partial charge >= 0.3 is 0 Å². The highest BCUT2D eigenvalue weighted by atomic mass is 35.5. The number of hydrogen-bond donors (Lipinski definition) is 1. The number of rotatable bonds is 5. The Morgan fingerprint density at radius 1 is 0.862 bits per heavy atom. The minimum absolute atomic E-state index is 0.349. The molecule has 0 amide bonds. The topological polar surface area (TPSA) is 88.0 Å². The molecule has 9 nitrogen and oxygen atoms in total. The first-order chi connectivity index (χ1) is 14.2. The van der Waals surface area contributed by atoms with Crippen molar-refractivity contribution in [3.63, 3.8) is 0 Å². The number of anilines is 3. The van der Waals surface area contributed by atoms with E-state index < -0.39 is 0 Å². The average Bonchev–Trinajstić information content (AvgIpc) is 2.77. The molecule has 2 aromatic rings. The largest absolute Gasteiger partial charge is 0.378 e. The van der Waals surface area contributed by atoms with Crippen LogP contribution in [0.2, 0.25) is 10.0 Å². The van der Waals surface area contributed by atoms with Crippen LogP contribution in [0.4, 0.5) is 17.8 Å². The maximum Gasteiger partial charge on any atom is 0.250 e. The van der Waals surface area contributed by atoms with Crippen molar-refractivity contribution < 1.29 is 9.47 Å². The molecular weight excluding hydrogens is 417 g/mol. The zero-order valence-electron chi connectivity index (χ0n) is 15.7. The SMILES string of the molecule is Clc1cccc(Cl)c1C=NNc1nc(N2CCOCC2)nc(N2CCOCC2)n1. The molecule has 1 aromatic heterocycles. The molecule has 4 rings (SSSR count). The molecule has 11 heteroatoms. The molecule has 2 aliphatic rings. The van der Waals surface area contributed by atoms with Gasteiger partial charge in [-0.05, 0) is 12.1 Å². The minimum atomic E-state index is 0.349. The van der Waals surface area contributed by atoms with Gasteiger partial charge in [-0.25, -0.2) is 5.43 Å². The van der Waals surface area contributed by atoms with Crippen molar-refractivity contribution in [2.24, 2.45) is 5.10 Å². The first kappa shape index (κ1) is 20.1. The Hall–Kier alpha value is -2.20. The monoisotopic (exact) mass is 437 g/mol. The first-order valence-electron chi connectivity index (χ1n) is 9.35. The summed E-state index contributed by atoms with van der Waals surface area (Å²) in [5, 5.41) is 5.25. The van der Waals surface area contributed by atoms with E-state index in [1.807, 2.05) is 0 Å². The number of nitrogens with one attached hydrogen (secondary N) is 1. The molecule has 0 radical (unpaired) electrons. The van der Waals surface area contributed by atoms with Gasteiger partial charge in [-0.15, -0.1) is 0 Å². The average molecular weight is 438 g/mol. The quantitative estimate of drug-likeness (QED) is 0.562. The summed E-state index contributed by atoms with van der Waals surface area (Å²) in [7, 11) is 0. The smallest absolute Gasteiger partial charge is 0.250 e. The number of nitrogens with zero attached hydrogens (tertiary/aromatic N) is 6. The lowest BCUT2D eigenvalue weighted by Gasteiger charge is -2.30. The molecule has 0 unspecified atom stereocenters. The van der Waals surface area contributed by atoms with Gasteiger partial charge in [-0.1, -0.05) is 29.3 Å². The Kier molecular flexibility index (Phi) is 6.60. The molecule has 0 aliphatic carbocycles. The summed E-state index contributed by atoms with van der Waals surface area (Å²) in [5.74, 6) is 1.54. The number of ether oxygens (including phenoxy) is 2. The van der Waals surface area contributed by atoms with Gasteiger partial charge in [0.25, 0.3) is 0 Å². The number of benzene rings is 1. The van der Waals surface area contributed by atoms with E-state index in [4.69, 9.17) is 32.7 Å². The summed E-state index contributed by atoms with van der Waals surface area (Å²) >= 11 is 12.4. The van der Waals surface area contributed by atoms with Crippen LogP contribution in [0, 0.1) is 0 Å². The highest BCUT2D eigenvalue weighted by Crippen LogP contribution is 2.22. The van der Waals surface area contributed by atoms with E-state index in [9.17, 15) is 0 Å². The summed E-state index contributed by atoms with van der Waals surface area (Å²) in [6.07, 6.45) is 1.55. The second-order valence-electron chi connectivity index (χ2n) is 6.46. The van der Waals surface area contributed by atoms with Gasteiger partial charge < -0.3 is 19.3 Å². The van der Waals surface area contributed by atoms with Crippen molar-refractivity contribution in [1.29, 1.82) is 0 Å². The van der Waals surface area contributed by atoms with Gasteiger partial charge in [-0.2, -0.15) is 20.1 Å². The Balaban J connectivity index is 1.58. The minimum Gasteiger partial charge on any atom is -0.378 e. The van der Waals surface area contributed by atoms with E-state index in [-0.39, 0.29) is 0 Å². The van der Waals surface area contributed by atoms with Crippen LogP contribution in [0.5, 0.6) is 0 Å².